The van der Waals surface area contributed by atoms with Gasteiger partial charge in [-0.3, -0.25) is 0 Å². The maximum Gasteiger partial charge on any atom is 0.348 e. The number of hydrogen-bond acceptors (Lipinski definition) is 9. The third-order valence-corrected chi connectivity index (χ3v) is 6.70. The Morgan fingerprint density at radius 3 is 1.63 bits per heavy atom. The van der Waals surface area contributed by atoms with Gasteiger partial charge < -0.3 is 39.0 Å². The molecule has 0 aliphatic carbocycles. The zero-order valence-corrected chi connectivity index (χ0v) is 23.2. The van der Waals surface area contributed by atoms with Gasteiger partial charge in [0.1, 0.15) is 40.6 Å². The highest BCUT2D eigenvalue weighted by Crippen LogP contribution is 2.39. The van der Waals surface area contributed by atoms with Gasteiger partial charge in [-0.25, -0.2) is 4.79 Å². The van der Waals surface area contributed by atoms with E-state index < -0.39 is 17.7 Å². The van der Waals surface area contributed by atoms with Crippen LogP contribution in [0.2, 0.25) is 0 Å². The molecule has 214 valence electrons. The average Bonchev–Trinajstić information content (AvgIpc) is 2.99. The van der Waals surface area contributed by atoms with Gasteiger partial charge >= 0.3 is 5.97 Å². The summed E-state index contributed by atoms with van der Waals surface area (Å²) in [7, 11) is 5.99. The third kappa shape index (κ3) is 6.47. The summed E-state index contributed by atoms with van der Waals surface area (Å²) in [6.07, 6.45) is -0.843. The highest BCUT2D eigenvalue weighted by Gasteiger charge is 2.44. The van der Waals surface area contributed by atoms with Crippen molar-refractivity contribution in [1.82, 2.24) is 0 Å². The number of carbonyl (C=O) groups is 1. The molecule has 0 heterocycles. The van der Waals surface area contributed by atoms with E-state index in [1.165, 1.54) is 51.7 Å². The second kappa shape index (κ2) is 12.5. The van der Waals surface area contributed by atoms with Crippen LogP contribution in [-0.4, -0.2) is 49.7 Å². The van der Waals surface area contributed by atoms with Crippen molar-refractivity contribution >= 4 is 5.97 Å². The van der Waals surface area contributed by atoms with Crippen molar-refractivity contribution in [3.05, 3.63) is 107 Å². The normalized spacial score (nSPS) is 13.0. The van der Waals surface area contributed by atoms with E-state index in [-0.39, 0.29) is 29.0 Å². The molecule has 0 radical (unpaired) electrons. The van der Waals surface area contributed by atoms with Crippen LogP contribution in [0.4, 0.5) is 0 Å². The van der Waals surface area contributed by atoms with Crippen molar-refractivity contribution in [2.24, 2.45) is 0 Å². The van der Waals surface area contributed by atoms with Crippen LogP contribution in [0, 0.1) is 0 Å². The Labute approximate surface area is 238 Å². The first-order valence-electron chi connectivity index (χ1n) is 12.7. The van der Waals surface area contributed by atoms with E-state index in [4.69, 9.17) is 23.7 Å². The van der Waals surface area contributed by atoms with Crippen LogP contribution in [0.25, 0.3) is 0 Å². The van der Waals surface area contributed by atoms with Crippen molar-refractivity contribution in [3.8, 4) is 34.5 Å². The number of ether oxygens (including phenoxy) is 5. The first-order valence-corrected chi connectivity index (χ1v) is 12.7. The van der Waals surface area contributed by atoms with Crippen molar-refractivity contribution < 1.29 is 43.8 Å². The number of phenolic OH excluding ortho intramolecular Hbond substituents is 2. The van der Waals surface area contributed by atoms with E-state index in [0.29, 0.717) is 28.6 Å². The Morgan fingerprint density at radius 1 is 0.659 bits per heavy atom. The van der Waals surface area contributed by atoms with Crippen molar-refractivity contribution in [1.29, 1.82) is 0 Å². The Bertz CT molecular complexity index is 1440. The zero-order chi connectivity index (χ0) is 29.6. The van der Waals surface area contributed by atoms with Crippen molar-refractivity contribution in [3.63, 3.8) is 0 Å². The average molecular weight is 561 g/mol. The van der Waals surface area contributed by atoms with Gasteiger partial charge in [0.05, 0.1) is 28.4 Å². The molecule has 0 aromatic heterocycles. The van der Waals surface area contributed by atoms with Crippen LogP contribution >= 0.6 is 0 Å². The Kier molecular flexibility index (Phi) is 8.89. The number of aromatic hydroxyl groups is 2. The predicted octanol–water partition coefficient (Wildman–Crippen LogP) is 4.90. The number of benzene rings is 4. The number of phenols is 2. The van der Waals surface area contributed by atoms with Crippen molar-refractivity contribution in [2.75, 3.05) is 28.4 Å². The minimum absolute atomic E-state index is 0.144. The standard InChI is InChI=1S/C32H32O9/c1-37-26-9-5-20(6-10-26)13-30(21-14-24(33)18-25(34)15-21)41-31(35)32(36,22-7-11-27(38-2)12-8-22)23-16-28(39-3)19-29(17-23)40-4/h5-12,14-19,30,33-34,36H,13H2,1-4H3/t30-,32?/m1/s1. The molecule has 4 aromatic carbocycles. The largest absolute Gasteiger partial charge is 0.508 e. The fourth-order valence-corrected chi connectivity index (χ4v) is 4.47. The second-order valence-electron chi connectivity index (χ2n) is 9.27. The summed E-state index contributed by atoms with van der Waals surface area (Å²) in [6.45, 7) is 0. The molecule has 1 unspecified atom stereocenters. The van der Waals surface area contributed by atoms with E-state index in [2.05, 4.69) is 0 Å². The van der Waals surface area contributed by atoms with E-state index >= 15 is 0 Å². The maximum absolute atomic E-state index is 14.1. The van der Waals surface area contributed by atoms with Gasteiger partial charge in [-0.2, -0.15) is 0 Å². The lowest BCUT2D eigenvalue weighted by molar-refractivity contribution is -0.168. The lowest BCUT2D eigenvalue weighted by Crippen LogP contribution is -2.39. The number of methoxy groups -OCH3 is 4. The van der Waals surface area contributed by atoms with Gasteiger partial charge in [0.15, 0.2) is 0 Å². The Balaban J connectivity index is 1.82. The molecule has 0 spiro atoms. The quantitative estimate of drug-likeness (QED) is 0.220. The van der Waals surface area contributed by atoms with E-state index in [1.807, 2.05) is 12.1 Å². The molecule has 0 amide bonds. The Hall–Kier alpha value is -4.89. The molecular weight excluding hydrogens is 528 g/mol. The summed E-state index contributed by atoms with van der Waals surface area (Å²) in [6, 6.07) is 22.1. The fourth-order valence-electron chi connectivity index (χ4n) is 4.47. The monoisotopic (exact) mass is 560 g/mol. The van der Waals surface area contributed by atoms with Gasteiger partial charge in [-0.05, 0) is 59.7 Å². The lowest BCUT2D eigenvalue weighted by Gasteiger charge is -2.30. The summed E-state index contributed by atoms with van der Waals surface area (Å²) in [5, 5.41) is 32.6. The van der Waals surface area contributed by atoms with E-state index in [9.17, 15) is 20.1 Å². The highest BCUT2D eigenvalue weighted by molar-refractivity contribution is 5.86. The van der Waals surface area contributed by atoms with Crippen molar-refractivity contribution in [2.45, 2.75) is 18.1 Å². The molecule has 0 bridgehead atoms. The summed E-state index contributed by atoms with van der Waals surface area (Å²) >= 11 is 0. The van der Waals surface area contributed by atoms with Crippen LogP contribution in [-0.2, 0) is 21.6 Å². The van der Waals surface area contributed by atoms with Crippen LogP contribution < -0.4 is 18.9 Å². The molecule has 3 N–H and O–H groups in total. The summed E-state index contributed by atoms with van der Waals surface area (Å²) in [5.74, 6) is 0.466. The fraction of sp³-hybridized carbons (Fsp3) is 0.219. The van der Waals surface area contributed by atoms with Crippen LogP contribution in [0.5, 0.6) is 34.5 Å². The first kappa shape index (κ1) is 29.1. The van der Waals surface area contributed by atoms with E-state index in [1.54, 1.807) is 49.6 Å². The van der Waals surface area contributed by atoms with Gasteiger partial charge in [-0.1, -0.05) is 24.3 Å². The molecule has 0 aliphatic heterocycles. The third-order valence-electron chi connectivity index (χ3n) is 6.70. The van der Waals surface area contributed by atoms with Gasteiger partial charge in [0.25, 0.3) is 0 Å². The molecule has 9 nitrogen and oxygen atoms in total. The molecule has 0 saturated carbocycles. The SMILES string of the molecule is COc1ccc(C[C@@H](OC(=O)C(O)(c2ccc(OC)cc2)c2cc(OC)cc(OC)c2)c2cc(O)cc(O)c2)cc1. The van der Waals surface area contributed by atoms with Crippen LogP contribution in [0.15, 0.2) is 84.9 Å². The summed E-state index contributed by atoms with van der Waals surface area (Å²) in [4.78, 5) is 14.1. The number of hydrogen-bond donors (Lipinski definition) is 3. The topological polar surface area (TPSA) is 124 Å². The van der Waals surface area contributed by atoms with Gasteiger partial charge in [0, 0.05) is 29.7 Å². The predicted molar refractivity (Wildman–Crippen MR) is 151 cm³/mol. The number of esters is 1. The minimum Gasteiger partial charge on any atom is -0.508 e. The molecule has 0 fully saturated rings. The molecule has 4 rings (SSSR count). The molecule has 9 heteroatoms. The smallest absolute Gasteiger partial charge is 0.348 e. The number of carbonyl (C=O) groups excluding carboxylic acids is 1. The highest BCUT2D eigenvalue weighted by atomic mass is 16.6. The molecular formula is C32H32O9. The van der Waals surface area contributed by atoms with Gasteiger partial charge in [-0.15, -0.1) is 0 Å². The lowest BCUT2D eigenvalue weighted by atomic mass is 9.85. The van der Waals surface area contributed by atoms with Crippen LogP contribution in [0.1, 0.15) is 28.4 Å². The molecule has 2 atom stereocenters. The maximum atomic E-state index is 14.1. The van der Waals surface area contributed by atoms with Crippen LogP contribution in [0.3, 0.4) is 0 Å². The Morgan fingerprint density at radius 2 is 1.15 bits per heavy atom. The summed E-state index contributed by atoms with van der Waals surface area (Å²) < 4.78 is 27.3. The summed E-state index contributed by atoms with van der Waals surface area (Å²) in [5.41, 5.74) is -0.855. The number of aliphatic hydroxyl groups is 1. The molecule has 41 heavy (non-hydrogen) atoms. The van der Waals surface area contributed by atoms with E-state index in [0.717, 1.165) is 5.56 Å². The van der Waals surface area contributed by atoms with Gasteiger partial charge in [0.2, 0.25) is 5.60 Å². The molecule has 0 saturated heterocycles. The molecule has 4 aromatic rings. The molecule has 0 aliphatic rings. The second-order valence-corrected chi connectivity index (χ2v) is 9.27. The number of rotatable bonds is 11. The zero-order valence-electron chi connectivity index (χ0n) is 23.2. The minimum atomic E-state index is -2.31. The first-order chi connectivity index (χ1) is 19.7.